The van der Waals surface area contributed by atoms with Gasteiger partial charge in [0.2, 0.25) is 5.91 Å². The van der Waals surface area contributed by atoms with Crippen LogP contribution in [0.25, 0.3) is 0 Å². The van der Waals surface area contributed by atoms with Crippen molar-refractivity contribution in [2.45, 2.75) is 26.3 Å². The van der Waals surface area contributed by atoms with Crippen LogP contribution in [0.4, 0.5) is 0 Å². The maximum atomic E-state index is 11.4. The first-order chi connectivity index (χ1) is 7.20. The Kier molecular flexibility index (Phi) is 2.45. The number of amidine groups is 1. The quantitative estimate of drug-likeness (QED) is 0.760. The molecule has 1 aliphatic rings. The number of hydrogen-bond acceptors (Lipinski definition) is 4. The van der Waals surface area contributed by atoms with Gasteiger partial charge in [0.25, 0.3) is 0 Å². The van der Waals surface area contributed by atoms with Crippen molar-refractivity contribution in [1.29, 1.82) is 0 Å². The van der Waals surface area contributed by atoms with Crippen LogP contribution in [-0.2, 0) is 4.79 Å². The molecule has 15 heavy (non-hydrogen) atoms. The van der Waals surface area contributed by atoms with E-state index in [2.05, 4.69) is 20.3 Å². The molecule has 0 saturated heterocycles. The third-order valence-corrected chi connectivity index (χ3v) is 2.23. The van der Waals surface area contributed by atoms with Gasteiger partial charge in [-0.3, -0.25) is 9.79 Å². The van der Waals surface area contributed by atoms with Gasteiger partial charge < -0.3 is 5.32 Å². The Labute approximate surface area is 87.7 Å². The number of nitrogens with one attached hydrogen (secondary N) is 1. The van der Waals surface area contributed by atoms with Crippen LogP contribution in [-0.4, -0.2) is 27.8 Å². The monoisotopic (exact) mass is 204 g/mol. The minimum atomic E-state index is -0.268. The van der Waals surface area contributed by atoms with Gasteiger partial charge in [0.15, 0.2) is 5.84 Å². The van der Waals surface area contributed by atoms with E-state index in [1.54, 1.807) is 19.2 Å². The zero-order valence-corrected chi connectivity index (χ0v) is 8.69. The Morgan fingerprint density at radius 3 is 2.93 bits per heavy atom. The fourth-order valence-electron chi connectivity index (χ4n) is 1.44. The van der Waals surface area contributed by atoms with Crippen molar-refractivity contribution >= 4 is 11.7 Å². The predicted molar refractivity (Wildman–Crippen MR) is 55.5 cm³/mol. The van der Waals surface area contributed by atoms with E-state index in [9.17, 15) is 4.79 Å². The highest BCUT2D eigenvalue weighted by Crippen LogP contribution is 2.08. The number of amides is 1. The smallest absolute Gasteiger partial charge is 0.250 e. The number of carbonyl (C=O) groups excluding carboxylic acids is 1. The molecule has 0 radical (unpaired) electrons. The molecule has 1 aromatic heterocycles. The van der Waals surface area contributed by atoms with Gasteiger partial charge in [0.1, 0.15) is 17.6 Å². The van der Waals surface area contributed by atoms with E-state index in [4.69, 9.17) is 0 Å². The number of carbonyl (C=O) groups is 1. The maximum Gasteiger partial charge on any atom is 0.250 e. The van der Waals surface area contributed by atoms with Crippen LogP contribution in [0.15, 0.2) is 17.3 Å². The molecular weight excluding hydrogens is 192 g/mol. The summed E-state index contributed by atoms with van der Waals surface area (Å²) in [5, 5.41) is 2.72. The summed E-state index contributed by atoms with van der Waals surface area (Å²) in [6.45, 7) is 3.74. The van der Waals surface area contributed by atoms with Crippen molar-refractivity contribution in [2.75, 3.05) is 0 Å². The van der Waals surface area contributed by atoms with E-state index in [0.717, 1.165) is 0 Å². The lowest BCUT2D eigenvalue weighted by atomic mass is 10.2. The summed E-state index contributed by atoms with van der Waals surface area (Å²) in [5.74, 6) is 1.17. The van der Waals surface area contributed by atoms with Gasteiger partial charge in [-0.25, -0.2) is 9.97 Å². The summed E-state index contributed by atoms with van der Waals surface area (Å²) < 4.78 is 0. The van der Waals surface area contributed by atoms with Crippen molar-refractivity contribution in [3.05, 3.63) is 23.8 Å². The van der Waals surface area contributed by atoms with Crippen molar-refractivity contribution in [3.63, 3.8) is 0 Å². The van der Waals surface area contributed by atoms with Gasteiger partial charge in [0, 0.05) is 6.20 Å². The molecule has 1 amide bonds. The standard InChI is InChI=1S/C10H12N4O/c1-3-7-10(15)14-9(13-7)8-4-5-11-6(2)12-8/h4-5,7H,3H2,1-2H3,(H,13,14,15). The second-order valence-electron chi connectivity index (χ2n) is 3.38. The summed E-state index contributed by atoms with van der Waals surface area (Å²) >= 11 is 0. The van der Waals surface area contributed by atoms with Crippen molar-refractivity contribution in [1.82, 2.24) is 15.3 Å². The minimum absolute atomic E-state index is 0.0521. The average Bonchev–Trinajstić information content (AvgIpc) is 2.60. The number of nitrogens with zero attached hydrogens (tertiary/aromatic N) is 3. The minimum Gasteiger partial charge on any atom is -0.307 e. The maximum absolute atomic E-state index is 11.4. The zero-order valence-electron chi connectivity index (χ0n) is 8.69. The van der Waals surface area contributed by atoms with E-state index >= 15 is 0 Å². The molecule has 0 aromatic carbocycles. The molecule has 2 rings (SSSR count). The molecule has 78 valence electrons. The highest BCUT2D eigenvalue weighted by Gasteiger charge is 2.25. The largest absolute Gasteiger partial charge is 0.307 e. The van der Waals surface area contributed by atoms with Crippen LogP contribution in [0.5, 0.6) is 0 Å². The topological polar surface area (TPSA) is 67.2 Å². The van der Waals surface area contributed by atoms with Gasteiger partial charge in [-0.15, -0.1) is 0 Å². The molecule has 0 saturated carbocycles. The van der Waals surface area contributed by atoms with Gasteiger partial charge in [-0.2, -0.15) is 0 Å². The van der Waals surface area contributed by atoms with Crippen LogP contribution in [0, 0.1) is 6.92 Å². The van der Waals surface area contributed by atoms with Crippen LogP contribution in [0.2, 0.25) is 0 Å². The number of hydrogen-bond donors (Lipinski definition) is 1. The number of aromatic nitrogens is 2. The van der Waals surface area contributed by atoms with Gasteiger partial charge in [-0.1, -0.05) is 6.92 Å². The Hall–Kier alpha value is -1.78. The summed E-state index contributed by atoms with van der Waals surface area (Å²) in [4.78, 5) is 23.9. The third-order valence-electron chi connectivity index (χ3n) is 2.23. The fourth-order valence-corrected chi connectivity index (χ4v) is 1.44. The molecule has 5 nitrogen and oxygen atoms in total. The highest BCUT2D eigenvalue weighted by atomic mass is 16.2. The van der Waals surface area contributed by atoms with Crippen LogP contribution >= 0.6 is 0 Å². The first-order valence-corrected chi connectivity index (χ1v) is 4.89. The molecule has 0 spiro atoms. The van der Waals surface area contributed by atoms with Crippen LogP contribution in [0.1, 0.15) is 24.9 Å². The summed E-state index contributed by atoms with van der Waals surface area (Å²) in [6.07, 6.45) is 2.37. The zero-order chi connectivity index (χ0) is 10.8. The average molecular weight is 204 g/mol. The SMILES string of the molecule is CCC1N=C(c2ccnc(C)n2)NC1=O. The molecule has 1 N–H and O–H groups in total. The Bertz CT molecular complexity index is 427. The summed E-state index contributed by atoms with van der Waals surface area (Å²) in [6, 6.07) is 1.47. The van der Waals surface area contributed by atoms with Crippen molar-refractivity contribution in [2.24, 2.45) is 4.99 Å². The normalized spacial score (nSPS) is 20.0. The van der Waals surface area contributed by atoms with E-state index in [1.165, 1.54) is 0 Å². The molecule has 0 aliphatic carbocycles. The summed E-state index contributed by atoms with van der Waals surface area (Å²) in [5.41, 5.74) is 0.673. The molecule has 1 unspecified atom stereocenters. The molecule has 1 aromatic rings. The van der Waals surface area contributed by atoms with E-state index < -0.39 is 0 Å². The fraction of sp³-hybridized carbons (Fsp3) is 0.400. The van der Waals surface area contributed by atoms with Gasteiger partial charge in [0.05, 0.1) is 0 Å². The number of aryl methyl sites for hydroxylation is 1. The van der Waals surface area contributed by atoms with Crippen molar-refractivity contribution < 1.29 is 4.79 Å². The second-order valence-corrected chi connectivity index (χ2v) is 3.38. The van der Waals surface area contributed by atoms with Gasteiger partial charge >= 0.3 is 0 Å². The van der Waals surface area contributed by atoms with Crippen LogP contribution in [0.3, 0.4) is 0 Å². The molecule has 1 aliphatic heterocycles. The second kappa shape index (κ2) is 3.76. The Morgan fingerprint density at radius 2 is 2.33 bits per heavy atom. The molecule has 2 heterocycles. The van der Waals surface area contributed by atoms with Gasteiger partial charge in [-0.05, 0) is 19.4 Å². The first kappa shape index (κ1) is 9.76. The molecule has 0 fully saturated rings. The first-order valence-electron chi connectivity index (χ1n) is 4.89. The molecular formula is C10H12N4O. The van der Waals surface area contributed by atoms with E-state index in [1.807, 2.05) is 6.92 Å². The lowest BCUT2D eigenvalue weighted by molar-refractivity contribution is -0.120. The number of rotatable bonds is 2. The van der Waals surface area contributed by atoms with E-state index in [0.29, 0.717) is 23.8 Å². The molecule has 1 atom stereocenters. The highest BCUT2D eigenvalue weighted by molar-refractivity contribution is 6.12. The number of aliphatic imine (C=N–C) groups is 1. The molecule has 0 bridgehead atoms. The van der Waals surface area contributed by atoms with E-state index in [-0.39, 0.29) is 11.9 Å². The van der Waals surface area contributed by atoms with Crippen molar-refractivity contribution in [3.8, 4) is 0 Å². The summed E-state index contributed by atoms with van der Waals surface area (Å²) in [7, 11) is 0. The predicted octanol–water partition coefficient (Wildman–Crippen LogP) is 0.440. The Balaban J connectivity index is 2.30. The lowest BCUT2D eigenvalue weighted by Crippen LogP contribution is -2.29. The van der Waals surface area contributed by atoms with Crippen LogP contribution < -0.4 is 5.32 Å². The lowest BCUT2D eigenvalue weighted by Gasteiger charge is -1.99. The third kappa shape index (κ3) is 1.86. The Morgan fingerprint density at radius 1 is 1.53 bits per heavy atom. The molecule has 5 heteroatoms.